The zero-order valence-corrected chi connectivity index (χ0v) is 13.7. The van der Waals surface area contributed by atoms with Crippen molar-refractivity contribution in [2.75, 3.05) is 5.32 Å². The fourth-order valence-corrected chi connectivity index (χ4v) is 1.34. The number of para-hydroxylation sites is 1. The predicted octanol–water partition coefficient (Wildman–Crippen LogP) is 3.50. The molecular formula is C16H13N3W. The fraction of sp³-hybridized carbons (Fsp3) is 0. The Morgan fingerprint density at radius 2 is 1.60 bits per heavy atom. The number of nitrogens with zero attached hydrogens (tertiary/aromatic N) is 2. The maximum atomic E-state index is 3.98. The average Bonchev–Trinajstić information content (AvgIpc) is 2.52. The second kappa shape index (κ2) is 9.88. The summed E-state index contributed by atoms with van der Waals surface area (Å²) in [4.78, 5) is 7.88. The number of benzene rings is 2. The molecule has 0 bridgehead atoms. The van der Waals surface area contributed by atoms with Gasteiger partial charge in [-0.25, -0.2) is 0 Å². The van der Waals surface area contributed by atoms with Gasteiger partial charge >= 0.3 is 21.1 Å². The molecule has 1 aromatic heterocycles. The molecule has 0 aliphatic heterocycles. The summed E-state index contributed by atoms with van der Waals surface area (Å²) in [5.41, 5.74) is 0.997. The first kappa shape index (κ1) is 16.1. The summed E-state index contributed by atoms with van der Waals surface area (Å²) in [5, 5.41) is 3.10. The van der Waals surface area contributed by atoms with E-state index >= 15 is 0 Å². The van der Waals surface area contributed by atoms with Crippen molar-refractivity contribution in [3.05, 3.63) is 85.3 Å². The second-order valence-corrected chi connectivity index (χ2v) is 3.60. The summed E-state index contributed by atoms with van der Waals surface area (Å²) in [5.74, 6) is 0.703. The van der Waals surface area contributed by atoms with Crippen molar-refractivity contribution in [3.63, 3.8) is 0 Å². The van der Waals surface area contributed by atoms with Crippen LogP contribution in [-0.4, -0.2) is 9.97 Å². The van der Waals surface area contributed by atoms with Gasteiger partial charge in [0, 0.05) is 5.69 Å². The molecule has 3 rings (SSSR count). The van der Waals surface area contributed by atoms with E-state index in [1.54, 1.807) is 6.20 Å². The van der Waals surface area contributed by atoms with E-state index in [9.17, 15) is 0 Å². The third-order valence-corrected chi connectivity index (χ3v) is 2.17. The number of rotatable bonds is 2. The molecule has 0 fully saturated rings. The van der Waals surface area contributed by atoms with Gasteiger partial charge in [-0.1, -0.05) is 18.2 Å². The van der Waals surface area contributed by atoms with Gasteiger partial charge in [0.25, 0.3) is 0 Å². The van der Waals surface area contributed by atoms with Crippen molar-refractivity contribution in [2.45, 2.75) is 0 Å². The van der Waals surface area contributed by atoms with Gasteiger partial charge in [0.05, 0.1) is 0 Å². The van der Waals surface area contributed by atoms with E-state index in [0.717, 1.165) is 5.69 Å². The molecule has 1 heterocycles. The van der Waals surface area contributed by atoms with Crippen molar-refractivity contribution in [1.82, 2.24) is 9.97 Å². The first-order valence-corrected chi connectivity index (χ1v) is 5.86. The number of hydrogen-bond donors (Lipinski definition) is 1. The zero-order chi connectivity index (χ0) is 13.2. The summed E-state index contributed by atoms with van der Waals surface area (Å²) in [6, 6.07) is 22.3. The predicted molar refractivity (Wildman–Crippen MR) is 75.9 cm³/mol. The third kappa shape index (κ3) is 6.26. The van der Waals surface area contributed by atoms with Gasteiger partial charge in [-0.3, -0.25) is 4.98 Å². The molecule has 3 aromatic rings. The molecular weight excluding hydrogens is 418 g/mol. The van der Waals surface area contributed by atoms with Crippen LogP contribution in [0.15, 0.2) is 73.1 Å². The molecule has 20 heavy (non-hydrogen) atoms. The van der Waals surface area contributed by atoms with Gasteiger partial charge < -0.3 is 10.3 Å². The Labute approximate surface area is 133 Å². The Morgan fingerprint density at radius 1 is 0.900 bits per heavy atom. The minimum absolute atomic E-state index is 0. The molecule has 0 unspecified atom stereocenters. The van der Waals surface area contributed by atoms with Crippen LogP contribution in [0.4, 0.5) is 11.5 Å². The molecule has 0 amide bonds. The summed E-state index contributed by atoms with van der Waals surface area (Å²) >= 11 is 0. The van der Waals surface area contributed by atoms with Crippen molar-refractivity contribution >= 4 is 11.5 Å². The number of anilines is 2. The van der Waals surface area contributed by atoms with Crippen LogP contribution in [0.25, 0.3) is 0 Å². The van der Waals surface area contributed by atoms with E-state index in [-0.39, 0.29) is 21.1 Å². The Balaban J connectivity index is 0.000000243. The van der Waals surface area contributed by atoms with Gasteiger partial charge in [-0.15, -0.1) is 6.20 Å². The number of aromatic nitrogens is 2. The minimum atomic E-state index is 0. The average molecular weight is 431 g/mol. The third-order valence-electron chi connectivity index (χ3n) is 2.17. The topological polar surface area (TPSA) is 37.8 Å². The van der Waals surface area contributed by atoms with E-state index in [0.29, 0.717) is 5.82 Å². The van der Waals surface area contributed by atoms with E-state index in [2.05, 4.69) is 27.5 Å². The monoisotopic (exact) mass is 431 g/mol. The normalized spacial score (nSPS) is 8.60. The Morgan fingerprint density at radius 3 is 2.10 bits per heavy atom. The minimum Gasteiger partial charge on any atom is -0.435 e. The van der Waals surface area contributed by atoms with Crippen LogP contribution < -0.4 is 5.32 Å². The van der Waals surface area contributed by atoms with Crippen molar-refractivity contribution in [2.24, 2.45) is 0 Å². The van der Waals surface area contributed by atoms with E-state index in [1.807, 2.05) is 60.7 Å². The molecule has 0 saturated carbocycles. The quantitative estimate of drug-likeness (QED) is 0.632. The van der Waals surface area contributed by atoms with Crippen molar-refractivity contribution in [1.29, 1.82) is 0 Å². The summed E-state index contributed by atoms with van der Waals surface area (Å²) in [6.45, 7) is 0. The molecule has 0 aliphatic carbocycles. The Hall–Kier alpha value is -1.99. The molecule has 3 nitrogen and oxygen atoms in total. The van der Waals surface area contributed by atoms with Crippen molar-refractivity contribution < 1.29 is 21.1 Å². The zero-order valence-electron chi connectivity index (χ0n) is 10.7. The van der Waals surface area contributed by atoms with Crippen LogP contribution in [0.5, 0.6) is 0 Å². The van der Waals surface area contributed by atoms with E-state index < -0.39 is 0 Å². The van der Waals surface area contributed by atoms with Crippen LogP contribution in [0.3, 0.4) is 0 Å². The van der Waals surface area contributed by atoms with Crippen LogP contribution >= 0.6 is 0 Å². The first-order chi connectivity index (χ1) is 9.45. The largest absolute Gasteiger partial charge is 2.00 e. The molecule has 0 saturated heterocycles. The van der Waals surface area contributed by atoms with E-state index in [4.69, 9.17) is 0 Å². The number of nitrogens with one attached hydrogen (secondary N) is 1. The summed E-state index contributed by atoms with van der Waals surface area (Å²) < 4.78 is 0. The van der Waals surface area contributed by atoms with Gasteiger partial charge in [0.1, 0.15) is 0 Å². The van der Waals surface area contributed by atoms with E-state index in [1.165, 1.54) is 6.20 Å². The van der Waals surface area contributed by atoms with Crippen LogP contribution in [0, 0.1) is 12.3 Å². The van der Waals surface area contributed by atoms with Crippen molar-refractivity contribution in [3.8, 4) is 0 Å². The van der Waals surface area contributed by atoms with Gasteiger partial charge in [0.15, 0.2) is 0 Å². The molecule has 2 aromatic carbocycles. The fourth-order valence-electron chi connectivity index (χ4n) is 1.34. The van der Waals surface area contributed by atoms with Gasteiger partial charge in [-0.2, -0.15) is 36.4 Å². The van der Waals surface area contributed by atoms with Gasteiger partial charge in [-0.05, 0) is 30.3 Å². The smallest absolute Gasteiger partial charge is 0.435 e. The van der Waals surface area contributed by atoms with Crippen LogP contribution in [-0.2, 0) is 21.1 Å². The molecule has 1 N–H and O–H groups in total. The molecule has 0 spiro atoms. The van der Waals surface area contributed by atoms with Crippen LogP contribution in [0.1, 0.15) is 0 Å². The maximum absolute atomic E-state index is 3.98. The van der Waals surface area contributed by atoms with Crippen LogP contribution in [0.2, 0.25) is 0 Å². The Bertz CT molecular complexity index is 495. The standard InChI is InChI=1S/C10H8N3.C6H5.W/c1-2-4-9(5-3-1)13-10-8-11-6-7-12-10;1-2-4-6-5-3-1;/h1-6,8H,(H,12,13);1-5H;/q2*-1;+2. The summed E-state index contributed by atoms with van der Waals surface area (Å²) in [6.07, 6.45) is 5.84. The number of hydrogen-bond acceptors (Lipinski definition) is 3. The maximum Gasteiger partial charge on any atom is 2.00 e. The second-order valence-electron chi connectivity index (χ2n) is 3.60. The summed E-state index contributed by atoms with van der Waals surface area (Å²) in [7, 11) is 0. The molecule has 98 valence electrons. The molecule has 0 aliphatic rings. The first-order valence-electron chi connectivity index (χ1n) is 5.86. The molecule has 4 heteroatoms. The Kier molecular flexibility index (Phi) is 7.93. The van der Waals surface area contributed by atoms with Gasteiger partial charge in [0.2, 0.25) is 0 Å². The molecule has 0 radical (unpaired) electrons. The SMILES string of the molecule is [W+2].[c-]1ccccc1.[c-]1cncc(Nc2ccccc2)n1. The molecule has 0 atom stereocenters.